The van der Waals surface area contributed by atoms with Crippen LogP contribution in [0, 0.1) is 11.8 Å². The van der Waals surface area contributed by atoms with Crippen molar-refractivity contribution in [3.63, 3.8) is 0 Å². The molecular weight excluding hydrogens is 260 g/mol. The Bertz CT molecular complexity index is 494. The fraction of sp³-hybridized carbons (Fsp3) is 0.667. The van der Waals surface area contributed by atoms with Crippen molar-refractivity contribution in [2.45, 2.75) is 31.1 Å². The molecule has 0 amide bonds. The normalized spacial score (nSPS) is 34.8. The topological polar surface area (TPSA) is 35.5 Å². The van der Waals surface area contributed by atoms with Crippen molar-refractivity contribution < 1.29 is 5.11 Å². The largest absolute Gasteiger partial charge is 0.396 e. The number of nitrogens with one attached hydrogen (secondary N) is 1. The lowest BCUT2D eigenvalue weighted by Crippen LogP contribution is -2.29. The van der Waals surface area contributed by atoms with Crippen LogP contribution >= 0.6 is 0 Å². The lowest BCUT2D eigenvalue weighted by molar-refractivity contribution is 0.270. The zero-order valence-corrected chi connectivity index (χ0v) is 12.7. The van der Waals surface area contributed by atoms with Crippen LogP contribution in [0.25, 0.3) is 0 Å². The fourth-order valence-electron chi connectivity index (χ4n) is 4.89. The maximum absolute atomic E-state index is 9.28. The number of nitrogens with zero attached hydrogens (tertiary/aromatic N) is 1. The molecule has 1 aromatic rings. The summed E-state index contributed by atoms with van der Waals surface area (Å²) >= 11 is 0. The lowest BCUT2D eigenvalue weighted by atomic mass is 9.92. The van der Waals surface area contributed by atoms with Gasteiger partial charge in [-0.2, -0.15) is 0 Å². The van der Waals surface area contributed by atoms with Crippen LogP contribution < -0.4 is 10.2 Å². The van der Waals surface area contributed by atoms with Gasteiger partial charge in [0.1, 0.15) is 0 Å². The van der Waals surface area contributed by atoms with Gasteiger partial charge in [-0.25, -0.2) is 0 Å². The van der Waals surface area contributed by atoms with Crippen LogP contribution in [0.1, 0.15) is 31.2 Å². The van der Waals surface area contributed by atoms with Crippen LogP contribution in [0.4, 0.5) is 5.69 Å². The van der Waals surface area contributed by atoms with Gasteiger partial charge in [0.25, 0.3) is 0 Å². The molecule has 1 saturated carbocycles. The highest BCUT2D eigenvalue weighted by Crippen LogP contribution is 2.63. The molecule has 4 rings (SSSR count). The summed E-state index contributed by atoms with van der Waals surface area (Å²) in [6.45, 7) is 4.96. The maximum Gasteiger partial charge on any atom is 0.0434 e. The first-order valence-electron chi connectivity index (χ1n) is 8.53. The SMILES string of the molecule is OCCC1C2CNCC12c1ccc(N2CCCCC2)cc1. The van der Waals surface area contributed by atoms with Gasteiger partial charge in [0.2, 0.25) is 0 Å². The molecule has 0 aromatic heterocycles. The number of piperidine rings is 2. The minimum Gasteiger partial charge on any atom is -0.396 e. The Morgan fingerprint density at radius 3 is 2.62 bits per heavy atom. The third kappa shape index (κ3) is 2.09. The van der Waals surface area contributed by atoms with Gasteiger partial charge in [0, 0.05) is 37.3 Å². The van der Waals surface area contributed by atoms with E-state index in [4.69, 9.17) is 0 Å². The number of hydrogen-bond acceptors (Lipinski definition) is 3. The smallest absolute Gasteiger partial charge is 0.0434 e. The monoisotopic (exact) mass is 286 g/mol. The van der Waals surface area contributed by atoms with Crippen LogP contribution in [-0.2, 0) is 5.41 Å². The van der Waals surface area contributed by atoms with Crippen LogP contribution in [0.5, 0.6) is 0 Å². The number of benzene rings is 1. The summed E-state index contributed by atoms with van der Waals surface area (Å²) in [7, 11) is 0. The van der Waals surface area contributed by atoms with E-state index in [0.29, 0.717) is 17.9 Å². The molecule has 114 valence electrons. The molecule has 3 fully saturated rings. The second kappa shape index (κ2) is 5.29. The Morgan fingerprint density at radius 2 is 1.90 bits per heavy atom. The second-order valence-corrected chi connectivity index (χ2v) is 6.99. The summed E-state index contributed by atoms with van der Waals surface area (Å²) in [6.07, 6.45) is 5.00. The van der Waals surface area contributed by atoms with E-state index >= 15 is 0 Å². The summed E-state index contributed by atoms with van der Waals surface area (Å²) in [5, 5.41) is 12.8. The number of hydrogen-bond donors (Lipinski definition) is 2. The maximum atomic E-state index is 9.28. The molecule has 1 aromatic carbocycles. The van der Waals surface area contributed by atoms with Crippen LogP contribution in [0.15, 0.2) is 24.3 Å². The molecule has 2 saturated heterocycles. The average Bonchev–Trinajstić information content (AvgIpc) is 2.94. The Hall–Kier alpha value is -1.06. The highest BCUT2D eigenvalue weighted by atomic mass is 16.3. The second-order valence-electron chi connectivity index (χ2n) is 6.99. The van der Waals surface area contributed by atoms with Crippen LogP contribution in [0.2, 0.25) is 0 Å². The van der Waals surface area contributed by atoms with E-state index in [2.05, 4.69) is 34.5 Å². The van der Waals surface area contributed by atoms with Crippen molar-refractivity contribution in [2.75, 3.05) is 37.7 Å². The predicted octanol–water partition coefficient (Wildman–Crippen LogP) is 2.15. The van der Waals surface area contributed by atoms with Crippen molar-refractivity contribution in [3.8, 4) is 0 Å². The van der Waals surface area contributed by atoms with E-state index in [1.54, 1.807) is 0 Å². The minimum absolute atomic E-state index is 0.323. The molecule has 2 N–H and O–H groups in total. The van der Waals surface area contributed by atoms with Gasteiger partial charge < -0.3 is 15.3 Å². The summed E-state index contributed by atoms with van der Waals surface area (Å²) in [4.78, 5) is 2.52. The van der Waals surface area contributed by atoms with Gasteiger partial charge in [-0.3, -0.25) is 0 Å². The molecule has 0 bridgehead atoms. The number of anilines is 1. The molecule has 2 heterocycles. The standard InChI is InChI=1S/C18H26N2O/c21-11-8-16-17-12-19-13-18(16,17)14-4-6-15(7-5-14)20-9-2-1-3-10-20/h4-7,16-17,19,21H,1-3,8-13H2. The van der Waals surface area contributed by atoms with Gasteiger partial charge in [-0.15, -0.1) is 0 Å². The van der Waals surface area contributed by atoms with Crippen LogP contribution in [-0.4, -0.2) is 37.9 Å². The quantitative estimate of drug-likeness (QED) is 0.890. The predicted molar refractivity (Wildman–Crippen MR) is 85.7 cm³/mol. The summed E-state index contributed by atoms with van der Waals surface area (Å²) in [5.41, 5.74) is 3.19. The van der Waals surface area contributed by atoms with Crippen LogP contribution in [0.3, 0.4) is 0 Å². The van der Waals surface area contributed by atoms with Crippen molar-refractivity contribution in [2.24, 2.45) is 11.8 Å². The summed E-state index contributed by atoms with van der Waals surface area (Å²) < 4.78 is 0. The third-order valence-corrected chi connectivity index (χ3v) is 6.05. The van der Waals surface area contributed by atoms with Crippen molar-refractivity contribution in [1.82, 2.24) is 5.32 Å². The van der Waals surface area contributed by atoms with E-state index in [1.165, 1.54) is 43.6 Å². The molecule has 3 nitrogen and oxygen atoms in total. The van der Waals surface area contributed by atoms with E-state index in [0.717, 1.165) is 25.4 Å². The van der Waals surface area contributed by atoms with Crippen molar-refractivity contribution in [1.29, 1.82) is 0 Å². The highest BCUT2D eigenvalue weighted by Gasteiger charge is 2.66. The number of fused-ring (bicyclic) bond motifs is 1. The highest BCUT2D eigenvalue weighted by molar-refractivity contribution is 5.51. The first-order chi connectivity index (χ1) is 10.4. The van der Waals surface area contributed by atoms with Gasteiger partial charge in [-0.1, -0.05) is 12.1 Å². The Balaban J connectivity index is 1.53. The molecular formula is C18H26N2O. The Morgan fingerprint density at radius 1 is 1.14 bits per heavy atom. The molecule has 1 aliphatic carbocycles. The fourth-order valence-corrected chi connectivity index (χ4v) is 4.89. The number of aliphatic hydroxyl groups is 1. The number of aliphatic hydroxyl groups excluding tert-OH is 1. The van der Waals surface area contributed by atoms with E-state index < -0.39 is 0 Å². The van der Waals surface area contributed by atoms with Crippen molar-refractivity contribution in [3.05, 3.63) is 29.8 Å². The molecule has 2 aliphatic heterocycles. The van der Waals surface area contributed by atoms with Crippen molar-refractivity contribution >= 4 is 5.69 Å². The summed E-state index contributed by atoms with van der Waals surface area (Å²) in [6, 6.07) is 9.33. The average molecular weight is 286 g/mol. The van der Waals surface area contributed by atoms with Gasteiger partial charge >= 0.3 is 0 Å². The number of rotatable bonds is 4. The molecule has 3 heteroatoms. The van der Waals surface area contributed by atoms with E-state index in [1.807, 2.05) is 0 Å². The first-order valence-corrected chi connectivity index (χ1v) is 8.53. The molecule has 3 aliphatic rings. The first kappa shape index (κ1) is 13.6. The molecule has 3 unspecified atom stereocenters. The van der Waals surface area contributed by atoms with Gasteiger partial charge in [0.15, 0.2) is 0 Å². The Kier molecular flexibility index (Phi) is 3.43. The lowest BCUT2D eigenvalue weighted by Gasteiger charge is -2.29. The molecule has 0 radical (unpaired) electrons. The molecule has 3 atom stereocenters. The zero-order chi connectivity index (χ0) is 14.3. The third-order valence-electron chi connectivity index (χ3n) is 6.05. The molecule has 0 spiro atoms. The zero-order valence-electron chi connectivity index (χ0n) is 12.7. The Labute approximate surface area is 127 Å². The van der Waals surface area contributed by atoms with Gasteiger partial charge in [0.05, 0.1) is 0 Å². The molecule has 21 heavy (non-hydrogen) atoms. The van der Waals surface area contributed by atoms with E-state index in [-0.39, 0.29) is 0 Å². The minimum atomic E-state index is 0.323. The van der Waals surface area contributed by atoms with Gasteiger partial charge in [-0.05, 0) is 61.8 Å². The summed E-state index contributed by atoms with van der Waals surface area (Å²) in [5.74, 6) is 1.43. The van der Waals surface area contributed by atoms with E-state index in [9.17, 15) is 5.11 Å².